The maximum atomic E-state index is 5.82. The molecule has 108 valence electrons. The Morgan fingerprint density at radius 2 is 2.10 bits per heavy atom. The van der Waals surface area contributed by atoms with E-state index in [0.29, 0.717) is 5.46 Å². The minimum atomic E-state index is -0.138. The van der Waals surface area contributed by atoms with Crippen LogP contribution >= 0.6 is 12.6 Å². The van der Waals surface area contributed by atoms with Gasteiger partial charge < -0.3 is 4.90 Å². The summed E-state index contributed by atoms with van der Waals surface area (Å²) in [6.45, 7) is 4.00. The number of amidine groups is 1. The van der Waals surface area contributed by atoms with Crippen LogP contribution in [0.1, 0.15) is 19.7 Å². The zero-order valence-electron chi connectivity index (χ0n) is 12.4. The summed E-state index contributed by atoms with van der Waals surface area (Å²) >= 11 is 4.36. The second-order valence-corrected chi connectivity index (χ2v) is 4.75. The summed E-state index contributed by atoms with van der Waals surface area (Å²) in [7, 11) is 7.73. The van der Waals surface area contributed by atoms with E-state index in [1.54, 1.807) is 6.20 Å². The van der Waals surface area contributed by atoms with E-state index < -0.39 is 0 Å². The van der Waals surface area contributed by atoms with E-state index in [0.717, 1.165) is 17.3 Å². The van der Waals surface area contributed by atoms with E-state index in [1.807, 2.05) is 60.8 Å². The standard InChI is InChI=1S/C12H12BN5S.C2H6/c1-17-11(15-16-12(17)19)10-14-5-6-18(10)9-4-2-3-8(13)7-9;1-2/h2-7,12,16,19H,1H3;1-2H3. The summed E-state index contributed by atoms with van der Waals surface area (Å²) in [6.07, 6.45) is 3.62. The van der Waals surface area contributed by atoms with Crippen LogP contribution in [0.2, 0.25) is 0 Å². The molecular formula is C14H18BN5S. The quantitative estimate of drug-likeness (QED) is 0.645. The molecule has 2 radical (unpaired) electrons. The van der Waals surface area contributed by atoms with E-state index in [4.69, 9.17) is 7.85 Å². The average Bonchev–Trinajstić information content (AvgIpc) is 3.09. The van der Waals surface area contributed by atoms with Crippen LogP contribution in [0.4, 0.5) is 0 Å². The highest BCUT2D eigenvalue weighted by Crippen LogP contribution is 2.15. The van der Waals surface area contributed by atoms with Crippen molar-refractivity contribution < 1.29 is 0 Å². The number of thiol groups is 1. The molecule has 2 heterocycles. The molecule has 1 atom stereocenters. The highest BCUT2D eigenvalue weighted by molar-refractivity contribution is 7.80. The predicted molar refractivity (Wildman–Crippen MR) is 90.5 cm³/mol. The predicted octanol–water partition coefficient (Wildman–Crippen LogP) is 1.10. The second kappa shape index (κ2) is 6.71. The smallest absolute Gasteiger partial charge is 0.194 e. The summed E-state index contributed by atoms with van der Waals surface area (Å²) in [5.41, 5.74) is 4.42. The molecule has 1 N–H and O–H groups in total. The van der Waals surface area contributed by atoms with Gasteiger partial charge in [-0.1, -0.05) is 31.4 Å². The highest BCUT2D eigenvalue weighted by atomic mass is 32.1. The van der Waals surface area contributed by atoms with Gasteiger partial charge in [0.2, 0.25) is 0 Å². The zero-order chi connectivity index (χ0) is 15.4. The Hall–Kier alpha value is -1.89. The molecular weight excluding hydrogens is 281 g/mol. The minimum absolute atomic E-state index is 0.138. The Balaban J connectivity index is 0.000000774. The molecule has 0 amide bonds. The molecule has 0 spiro atoms. The third-order valence-electron chi connectivity index (χ3n) is 2.98. The van der Waals surface area contributed by atoms with Crippen molar-refractivity contribution >= 4 is 31.8 Å². The Morgan fingerprint density at radius 3 is 2.71 bits per heavy atom. The molecule has 5 nitrogen and oxygen atoms in total. The molecule has 7 heteroatoms. The van der Waals surface area contributed by atoms with Crippen molar-refractivity contribution in [1.82, 2.24) is 19.9 Å². The van der Waals surface area contributed by atoms with E-state index in [-0.39, 0.29) is 5.50 Å². The van der Waals surface area contributed by atoms with E-state index in [1.165, 1.54) is 0 Å². The summed E-state index contributed by atoms with van der Waals surface area (Å²) in [4.78, 5) is 6.28. The lowest BCUT2D eigenvalue weighted by Crippen LogP contribution is -2.34. The molecule has 0 saturated carbocycles. The van der Waals surface area contributed by atoms with Crippen molar-refractivity contribution in [2.24, 2.45) is 5.10 Å². The van der Waals surface area contributed by atoms with Crippen molar-refractivity contribution in [3.05, 3.63) is 42.5 Å². The fraction of sp³-hybridized carbons (Fsp3) is 0.286. The van der Waals surface area contributed by atoms with Gasteiger partial charge in [-0.3, -0.25) is 9.99 Å². The SMILES string of the molecule is CC.[B]c1cccc(-n2ccnc2C2=NNC(S)N2C)c1. The van der Waals surface area contributed by atoms with Gasteiger partial charge in [-0.15, -0.1) is 12.6 Å². The topological polar surface area (TPSA) is 45.5 Å². The molecule has 1 unspecified atom stereocenters. The van der Waals surface area contributed by atoms with Crippen molar-refractivity contribution in [3.8, 4) is 5.69 Å². The van der Waals surface area contributed by atoms with Crippen LogP contribution in [-0.2, 0) is 0 Å². The highest BCUT2D eigenvalue weighted by Gasteiger charge is 2.25. The Labute approximate surface area is 131 Å². The van der Waals surface area contributed by atoms with Gasteiger partial charge in [0.1, 0.15) is 7.85 Å². The first kappa shape index (κ1) is 15.5. The summed E-state index contributed by atoms with van der Waals surface area (Å²) in [5, 5.41) is 4.25. The van der Waals surface area contributed by atoms with Crippen molar-refractivity contribution in [2.75, 3.05) is 7.05 Å². The molecule has 0 fully saturated rings. The number of hydrogen-bond donors (Lipinski definition) is 2. The Bertz CT molecular complexity index is 640. The van der Waals surface area contributed by atoms with Gasteiger partial charge in [0.15, 0.2) is 17.2 Å². The number of benzene rings is 1. The third-order valence-corrected chi connectivity index (χ3v) is 3.44. The summed E-state index contributed by atoms with van der Waals surface area (Å²) in [6, 6.07) is 7.63. The van der Waals surface area contributed by atoms with Crippen molar-refractivity contribution in [2.45, 2.75) is 19.3 Å². The fourth-order valence-corrected chi connectivity index (χ4v) is 2.13. The molecule has 1 aliphatic heterocycles. The van der Waals surface area contributed by atoms with E-state index in [2.05, 4.69) is 28.1 Å². The molecule has 0 aliphatic carbocycles. The Kier molecular flexibility index (Phi) is 4.96. The number of hydrazone groups is 1. The summed E-state index contributed by atoms with van der Waals surface area (Å²) in [5.74, 6) is 1.49. The largest absolute Gasteiger partial charge is 0.325 e. The van der Waals surface area contributed by atoms with Crippen molar-refractivity contribution in [3.63, 3.8) is 0 Å². The number of imidazole rings is 1. The number of rotatable bonds is 2. The first-order valence-electron chi connectivity index (χ1n) is 6.80. The molecule has 2 aromatic rings. The maximum absolute atomic E-state index is 5.82. The number of nitrogens with one attached hydrogen (secondary N) is 1. The Morgan fingerprint density at radius 1 is 1.33 bits per heavy atom. The number of aromatic nitrogens is 2. The fourth-order valence-electron chi connectivity index (χ4n) is 1.96. The minimum Gasteiger partial charge on any atom is -0.325 e. The zero-order valence-corrected chi connectivity index (χ0v) is 13.2. The molecule has 0 bridgehead atoms. The number of nitrogens with zero attached hydrogens (tertiary/aromatic N) is 4. The van der Waals surface area contributed by atoms with Gasteiger partial charge in [-0.05, 0) is 12.1 Å². The molecule has 21 heavy (non-hydrogen) atoms. The average molecular weight is 299 g/mol. The van der Waals surface area contributed by atoms with Crippen LogP contribution in [0.15, 0.2) is 41.8 Å². The first-order chi connectivity index (χ1) is 10.2. The number of hydrogen-bond acceptors (Lipinski definition) is 5. The molecule has 1 aliphatic rings. The lowest BCUT2D eigenvalue weighted by Gasteiger charge is -2.18. The van der Waals surface area contributed by atoms with Crippen LogP contribution in [0, 0.1) is 0 Å². The summed E-state index contributed by atoms with van der Waals surface area (Å²) < 4.78 is 1.94. The maximum Gasteiger partial charge on any atom is 0.194 e. The van der Waals surface area contributed by atoms with E-state index >= 15 is 0 Å². The normalized spacial score (nSPS) is 16.9. The van der Waals surface area contributed by atoms with E-state index in [9.17, 15) is 0 Å². The van der Waals surface area contributed by atoms with Crippen LogP contribution in [0.25, 0.3) is 5.69 Å². The van der Waals surface area contributed by atoms with Gasteiger partial charge in [-0.2, -0.15) is 5.10 Å². The lowest BCUT2D eigenvalue weighted by molar-refractivity contribution is 0.466. The molecule has 0 saturated heterocycles. The molecule has 1 aromatic heterocycles. The lowest BCUT2D eigenvalue weighted by atomic mass is 9.96. The van der Waals surface area contributed by atoms with Crippen LogP contribution < -0.4 is 10.9 Å². The van der Waals surface area contributed by atoms with Crippen LogP contribution in [0.3, 0.4) is 0 Å². The van der Waals surface area contributed by atoms with Gasteiger partial charge in [0.25, 0.3) is 0 Å². The van der Waals surface area contributed by atoms with Crippen molar-refractivity contribution in [1.29, 1.82) is 0 Å². The molecule has 3 rings (SSSR count). The van der Waals surface area contributed by atoms with Crippen LogP contribution in [-0.4, -0.2) is 40.7 Å². The van der Waals surface area contributed by atoms with Gasteiger partial charge in [-0.25, -0.2) is 4.98 Å². The monoisotopic (exact) mass is 299 g/mol. The van der Waals surface area contributed by atoms with Gasteiger partial charge in [0.05, 0.1) is 0 Å². The third kappa shape index (κ3) is 3.07. The van der Waals surface area contributed by atoms with Gasteiger partial charge in [0, 0.05) is 25.1 Å². The first-order valence-corrected chi connectivity index (χ1v) is 7.32. The van der Waals surface area contributed by atoms with Gasteiger partial charge >= 0.3 is 0 Å². The molecule has 1 aromatic carbocycles. The van der Waals surface area contributed by atoms with Crippen LogP contribution in [0.5, 0.6) is 0 Å². The second-order valence-electron chi connectivity index (χ2n) is 4.26.